The van der Waals surface area contributed by atoms with Crippen LogP contribution in [0, 0.1) is 0 Å². The molecule has 1 aliphatic heterocycles. The summed E-state index contributed by atoms with van der Waals surface area (Å²) in [4.78, 5) is 13.2. The summed E-state index contributed by atoms with van der Waals surface area (Å²) in [6, 6.07) is 10.8. The molecule has 1 saturated heterocycles. The van der Waals surface area contributed by atoms with E-state index in [0.29, 0.717) is 6.04 Å². The highest BCUT2D eigenvalue weighted by molar-refractivity contribution is 5.37. The predicted octanol–water partition coefficient (Wildman–Crippen LogP) is 2.59. The summed E-state index contributed by atoms with van der Waals surface area (Å²) in [6.07, 6.45) is 5.84. The summed E-state index contributed by atoms with van der Waals surface area (Å²) in [5, 5.41) is 0. The number of hydrogen-bond donors (Lipinski definition) is 0. The first-order chi connectivity index (χ1) is 11.3. The van der Waals surface area contributed by atoms with Crippen molar-refractivity contribution in [2.24, 2.45) is 0 Å². The minimum absolute atomic E-state index is 0.497. The Morgan fingerprint density at radius 3 is 2.78 bits per heavy atom. The molecule has 5 heteroatoms. The lowest BCUT2D eigenvalue weighted by Gasteiger charge is -2.38. The van der Waals surface area contributed by atoms with Crippen molar-refractivity contribution in [1.29, 1.82) is 0 Å². The Labute approximate surface area is 137 Å². The third-order valence-electron chi connectivity index (χ3n) is 4.52. The molecule has 1 aromatic carbocycles. The van der Waals surface area contributed by atoms with Gasteiger partial charge in [-0.1, -0.05) is 12.1 Å². The molecule has 0 spiro atoms. The van der Waals surface area contributed by atoms with E-state index in [1.54, 1.807) is 19.6 Å². The topological polar surface area (TPSA) is 41.5 Å². The number of nitrogens with zero attached hydrogens (tertiary/aromatic N) is 4. The van der Waals surface area contributed by atoms with Crippen LogP contribution < -0.4 is 9.64 Å². The fourth-order valence-electron chi connectivity index (χ4n) is 3.16. The molecular weight excluding hydrogens is 288 g/mol. The summed E-state index contributed by atoms with van der Waals surface area (Å²) in [6.45, 7) is 3.20. The molecule has 3 rings (SSSR count). The Morgan fingerprint density at radius 2 is 2.09 bits per heavy atom. The molecule has 0 amide bonds. The molecule has 0 bridgehead atoms. The number of benzene rings is 1. The smallest absolute Gasteiger partial charge is 0.131 e. The minimum atomic E-state index is 0.497. The molecule has 0 aliphatic carbocycles. The van der Waals surface area contributed by atoms with Gasteiger partial charge in [0.05, 0.1) is 7.11 Å². The highest BCUT2D eigenvalue weighted by atomic mass is 16.5. The molecule has 23 heavy (non-hydrogen) atoms. The lowest BCUT2D eigenvalue weighted by molar-refractivity contribution is 0.198. The van der Waals surface area contributed by atoms with Crippen LogP contribution in [0.15, 0.2) is 42.9 Å². The van der Waals surface area contributed by atoms with Gasteiger partial charge < -0.3 is 9.64 Å². The van der Waals surface area contributed by atoms with Crippen LogP contribution in [0.25, 0.3) is 0 Å². The molecule has 2 aromatic rings. The third-order valence-corrected chi connectivity index (χ3v) is 4.52. The Kier molecular flexibility index (Phi) is 5.08. The van der Waals surface area contributed by atoms with Crippen molar-refractivity contribution in [3.05, 3.63) is 48.4 Å². The second-order valence-electron chi connectivity index (χ2n) is 6.06. The van der Waals surface area contributed by atoms with Gasteiger partial charge in [0, 0.05) is 32.4 Å². The Bertz CT molecular complexity index is 602. The second-order valence-corrected chi connectivity index (χ2v) is 6.06. The van der Waals surface area contributed by atoms with Gasteiger partial charge in [-0.05, 0) is 43.1 Å². The highest BCUT2D eigenvalue weighted by Crippen LogP contribution is 2.21. The maximum atomic E-state index is 5.22. The van der Waals surface area contributed by atoms with Crippen molar-refractivity contribution in [2.45, 2.75) is 25.4 Å². The maximum Gasteiger partial charge on any atom is 0.131 e. The van der Waals surface area contributed by atoms with E-state index in [4.69, 9.17) is 4.74 Å². The van der Waals surface area contributed by atoms with Crippen molar-refractivity contribution >= 4 is 5.82 Å². The number of ether oxygens (including phenoxy) is 1. The molecule has 1 aliphatic rings. The number of piperidine rings is 1. The van der Waals surface area contributed by atoms with Crippen molar-refractivity contribution in [3.63, 3.8) is 0 Å². The molecule has 0 radical (unpaired) electrons. The van der Waals surface area contributed by atoms with Crippen LogP contribution in [-0.4, -0.2) is 48.2 Å². The Morgan fingerprint density at radius 1 is 1.26 bits per heavy atom. The summed E-state index contributed by atoms with van der Waals surface area (Å²) in [5.41, 5.74) is 1.33. The average Bonchev–Trinajstić information content (AvgIpc) is 2.63. The van der Waals surface area contributed by atoms with E-state index < -0.39 is 0 Å². The second kappa shape index (κ2) is 7.42. The van der Waals surface area contributed by atoms with Crippen LogP contribution >= 0.6 is 0 Å². The van der Waals surface area contributed by atoms with E-state index in [0.717, 1.165) is 31.2 Å². The molecular formula is C18H24N4O. The number of methoxy groups -OCH3 is 1. The third kappa shape index (κ3) is 3.99. The van der Waals surface area contributed by atoms with Crippen LogP contribution in [0.2, 0.25) is 0 Å². The van der Waals surface area contributed by atoms with Gasteiger partial charge in [0.15, 0.2) is 0 Å². The van der Waals surface area contributed by atoms with E-state index in [1.807, 2.05) is 18.2 Å². The predicted molar refractivity (Wildman–Crippen MR) is 91.7 cm³/mol. The first-order valence-electron chi connectivity index (χ1n) is 8.10. The van der Waals surface area contributed by atoms with Gasteiger partial charge in [-0.3, -0.25) is 4.90 Å². The Balaban J connectivity index is 1.61. The van der Waals surface area contributed by atoms with E-state index in [9.17, 15) is 0 Å². The zero-order valence-corrected chi connectivity index (χ0v) is 13.9. The first kappa shape index (κ1) is 15.7. The molecule has 0 saturated carbocycles. The van der Waals surface area contributed by atoms with Gasteiger partial charge in [0.25, 0.3) is 0 Å². The summed E-state index contributed by atoms with van der Waals surface area (Å²) >= 11 is 0. The maximum absolute atomic E-state index is 5.22. The zero-order valence-electron chi connectivity index (χ0n) is 13.9. The van der Waals surface area contributed by atoms with Crippen LogP contribution in [0.5, 0.6) is 5.75 Å². The number of hydrogen-bond acceptors (Lipinski definition) is 5. The highest BCUT2D eigenvalue weighted by Gasteiger charge is 2.24. The van der Waals surface area contributed by atoms with Gasteiger partial charge in [-0.15, -0.1) is 0 Å². The van der Waals surface area contributed by atoms with E-state index in [1.165, 1.54) is 18.4 Å². The molecule has 1 unspecified atom stereocenters. The summed E-state index contributed by atoms with van der Waals surface area (Å²) < 4.78 is 5.22. The zero-order chi connectivity index (χ0) is 16.1. The number of likely N-dealkylation sites (tertiary alicyclic amines) is 1. The fraction of sp³-hybridized carbons (Fsp3) is 0.444. The largest absolute Gasteiger partial charge is 0.497 e. The van der Waals surface area contributed by atoms with Crippen molar-refractivity contribution < 1.29 is 4.74 Å². The van der Waals surface area contributed by atoms with Gasteiger partial charge in [0.2, 0.25) is 0 Å². The molecule has 122 valence electrons. The first-order valence-corrected chi connectivity index (χ1v) is 8.10. The van der Waals surface area contributed by atoms with E-state index >= 15 is 0 Å². The lowest BCUT2D eigenvalue weighted by Crippen LogP contribution is -2.46. The normalized spacial score (nSPS) is 18.6. The number of likely N-dealkylation sites (N-methyl/N-ethyl adjacent to an activating group) is 1. The molecule has 1 atom stereocenters. The summed E-state index contributed by atoms with van der Waals surface area (Å²) in [7, 11) is 3.83. The van der Waals surface area contributed by atoms with Gasteiger partial charge in [0.1, 0.15) is 17.9 Å². The molecule has 2 heterocycles. The van der Waals surface area contributed by atoms with E-state index in [2.05, 4.69) is 38.9 Å². The van der Waals surface area contributed by atoms with Crippen LogP contribution in [-0.2, 0) is 6.54 Å². The van der Waals surface area contributed by atoms with Gasteiger partial charge in [-0.2, -0.15) is 0 Å². The van der Waals surface area contributed by atoms with Crippen LogP contribution in [0.4, 0.5) is 5.82 Å². The van der Waals surface area contributed by atoms with Crippen molar-refractivity contribution in [2.75, 3.05) is 32.1 Å². The van der Waals surface area contributed by atoms with Crippen LogP contribution in [0.3, 0.4) is 0 Å². The van der Waals surface area contributed by atoms with Gasteiger partial charge in [-0.25, -0.2) is 9.97 Å². The van der Waals surface area contributed by atoms with Crippen LogP contribution in [0.1, 0.15) is 18.4 Å². The van der Waals surface area contributed by atoms with Crippen molar-refractivity contribution in [3.8, 4) is 5.75 Å². The molecule has 5 nitrogen and oxygen atoms in total. The van der Waals surface area contributed by atoms with Crippen molar-refractivity contribution in [1.82, 2.24) is 14.9 Å². The standard InChI is InChI=1S/C18H24N4O/c1-21(18-9-10-19-14-20-18)16-4-3-11-22(13-16)12-15-5-7-17(23-2)8-6-15/h5-10,14,16H,3-4,11-13H2,1-2H3. The van der Waals surface area contributed by atoms with E-state index in [-0.39, 0.29) is 0 Å². The molecule has 0 N–H and O–H groups in total. The number of aromatic nitrogens is 2. The molecule has 1 aromatic heterocycles. The number of rotatable bonds is 5. The minimum Gasteiger partial charge on any atom is -0.497 e. The quantitative estimate of drug-likeness (QED) is 0.849. The fourth-order valence-corrected chi connectivity index (χ4v) is 3.16. The lowest BCUT2D eigenvalue weighted by atomic mass is 10.0. The SMILES string of the molecule is COc1ccc(CN2CCCC(N(C)c3ccncn3)C2)cc1. The summed E-state index contributed by atoms with van der Waals surface area (Å²) in [5.74, 6) is 1.91. The molecule has 1 fully saturated rings. The van der Waals surface area contributed by atoms with Gasteiger partial charge >= 0.3 is 0 Å². The Hall–Kier alpha value is -2.14. The monoisotopic (exact) mass is 312 g/mol. The number of anilines is 1. The average molecular weight is 312 g/mol.